The molecule has 0 spiro atoms. The van der Waals surface area contributed by atoms with Crippen LogP contribution in [-0.2, 0) is 0 Å². The lowest BCUT2D eigenvalue weighted by Crippen LogP contribution is -2.44. The number of thiocarbonyl (C=S) groups is 1. The number of hydrogen-bond donors (Lipinski definition) is 3. The Bertz CT molecular complexity index is 722. The Kier molecular flexibility index (Phi) is 5.60. The summed E-state index contributed by atoms with van der Waals surface area (Å²) in [5.41, 5.74) is 7.14. The smallest absolute Gasteiger partial charge is 0.269 e. The lowest BCUT2D eigenvalue weighted by Gasteiger charge is -2.13. The van der Waals surface area contributed by atoms with E-state index in [1.807, 2.05) is 19.1 Å². The van der Waals surface area contributed by atoms with Crippen LogP contribution >= 0.6 is 35.4 Å². The Morgan fingerprint density at radius 1 is 1.09 bits per heavy atom. The largest absolute Gasteiger partial charge is 0.330 e. The van der Waals surface area contributed by atoms with Crippen LogP contribution in [0.3, 0.4) is 0 Å². The minimum absolute atomic E-state index is 0.200. The fourth-order valence-electron chi connectivity index (χ4n) is 1.76. The molecule has 4 nitrogen and oxygen atoms in total. The minimum Gasteiger partial charge on any atom is -0.330 e. The summed E-state index contributed by atoms with van der Waals surface area (Å²) >= 11 is 17.0. The molecule has 0 atom stereocenters. The first-order valence-electron chi connectivity index (χ1n) is 6.35. The molecular weight excluding hydrogens is 341 g/mol. The molecule has 2 aromatic carbocycles. The van der Waals surface area contributed by atoms with Crippen molar-refractivity contribution < 1.29 is 4.79 Å². The van der Waals surface area contributed by atoms with Crippen molar-refractivity contribution in [1.29, 1.82) is 0 Å². The van der Waals surface area contributed by atoms with E-state index >= 15 is 0 Å². The topological polar surface area (TPSA) is 53.2 Å². The summed E-state index contributed by atoms with van der Waals surface area (Å²) in [5.74, 6) is -0.278. The monoisotopic (exact) mass is 353 g/mol. The zero-order valence-corrected chi connectivity index (χ0v) is 13.9. The van der Waals surface area contributed by atoms with Gasteiger partial charge in [-0.05, 0) is 49.0 Å². The zero-order chi connectivity index (χ0) is 16.1. The zero-order valence-electron chi connectivity index (χ0n) is 11.6. The van der Waals surface area contributed by atoms with Crippen molar-refractivity contribution in [3.05, 3.63) is 63.6 Å². The second-order valence-electron chi connectivity index (χ2n) is 4.47. The van der Waals surface area contributed by atoms with Crippen LogP contribution in [-0.4, -0.2) is 11.0 Å². The Hall–Kier alpha value is -1.82. The van der Waals surface area contributed by atoms with Crippen molar-refractivity contribution in [1.82, 2.24) is 10.9 Å². The predicted octanol–water partition coefficient (Wildman–Crippen LogP) is 3.93. The highest BCUT2D eigenvalue weighted by Crippen LogP contribution is 2.25. The van der Waals surface area contributed by atoms with E-state index in [2.05, 4.69) is 16.2 Å². The van der Waals surface area contributed by atoms with Gasteiger partial charge in [0, 0.05) is 10.6 Å². The number of rotatable bonds is 2. The molecule has 0 aliphatic heterocycles. The summed E-state index contributed by atoms with van der Waals surface area (Å²) in [5, 5.41) is 4.06. The number of hydrazine groups is 1. The predicted molar refractivity (Wildman–Crippen MR) is 94.5 cm³/mol. The quantitative estimate of drug-likeness (QED) is 0.565. The Balaban J connectivity index is 1.94. The molecule has 7 heteroatoms. The molecule has 0 heterocycles. The van der Waals surface area contributed by atoms with Crippen LogP contribution in [0.25, 0.3) is 0 Å². The van der Waals surface area contributed by atoms with Gasteiger partial charge >= 0.3 is 0 Å². The maximum absolute atomic E-state index is 12.0. The first kappa shape index (κ1) is 16.5. The third-order valence-corrected chi connectivity index (χ3v) is 3.62. The van der Waals surface area contributed by atoms with Crippen LogP contribution < -0.4 is 16.2 Å². The van der Waals surface area contributed by atoms with E-state index < -0.39 is 0 Å². The van der Waals surface area contributed by atoms with Crippen LogP contribution in [0.1, 0.15) is 15.9 Å². The Morgan fingerprint density at radius 3 is 2.55 bits per heavy atom. The number of aryl methyl sites for hydroxylation is 1. The van der Waals surface area contributed by atoms with E-state index in [4.69, 9.17) is 35.4 Å². The molecule has 3 N–H and O–H groups in total. The molecule has 0 aliphatic rings. The van der Waals surface area contributed by atoms with Crippen molar-refractivity contribution in [3.63, 3.8) is 0 Å². The van der Waals surface area contributed by atoms with Gasteiger partial charge in [0.25, 0.3) is 5.91 Å². The van der Waals surface area contributed by atoms with Crippen molar-refractivity contribution in [2.45, 2.75) is 6.92 Å². The fraction of sp³-hybridized carbons (Fsp3) is 0.0667. The highest BCUT2D eigenvalue weighted by Gasteiger charge is 2.09. The molecule has 22 heavy (non-hydrogen) atoms. The van der Waals surface area contributed by atoms with Gasteiger partial charge < -0.3 is 5.32 Å². The third-order valence-electron chi connectivity index (χ3n) is 2.86. The van der Waals surface area contributed by atoms with Gasteiger partial charge in [-0.3, -0.25) is 15.6 Å². The highest BCUT2D eigenvalue weighted by atomic mass is 35.5. The average molecular weight is 354 g/mol. The number of carbonyl (C=O) groups is 1. The molecule has 0 saturated carbocycles. The summed E-state index contributed by atoms with van der Waals surface area (Å²) in [6.07, 6.45) is 0. The van der Waals surface area contributed by atoms with Gasteiger partial charge in [0.2, 0.25) is 0 Å². The number of benzene rings is 2. The molecule has 0 fully saturated rings. The van der Waals surface area contributed by atoms with E-state index in [9.17, 15) is 4.79 Å². The van der Waals surface area contributed by atoms with Crippen LogP contribution in [0, 0.1) is 6.92 Å². The van der Waals surface area contributed by atoms with E-state index in [1.54, 1.807) is 30.3 Å². The molecule has 2 aromatic rings. The van der Waals surface area contributed by atoms with Gasteiger partial charge in [-0.1, -0.05) is 41.4 Å². The number of nitrogens with one attached hydrogen (secondary N) is 3. The first-order chi connectivity index (χ1) is 10.5. The Labute approximate surface area is 143 Å². The number of anilines is 1. The number of carbonyl (C=O) groups excluding carboxylic acids is 1. The van der Waals surface area contributed by atoms with Crippen molar-refractivity contribution in [2.24, 2.45) is 0 Å². The molecule has 0 bridgehead atoms. The molecule has 0 radical (unpaired) electrons. The van der Waals surface area contributed by atoms with Gasteiger partial charge in [0.05, 0.1) is 10.7 Å². The van der Waals surface area contributed by atoms with Crippen LogP contribution in [0.5, 0.6) is 0 Å². The summed E-state index contributed by atoms with van der Waals surface area (Å²) < 4.78 is 0. The third kappa shape index (κ3) is 4.34. The van der Waals surface area contributed by atoms with Crippen LogP contribution in [0.4, 0.5) is 5.69 Å². The van der Waals surface area contributed by atoms with Crippen molar-refractivity contribution >= 4 is 52.1 Å². The molecule has 1 amide bonds. The molecule has 0 saturated heterocycles. The van der Waals surface area contributed by atoms with Gasteiger partial charge in [-0.2, -0.15) is 0 Å². The van der Waals surface area contributed by atoms with Gasteiger partial charge in [0.15, 0.2) is 5.11 Å². The second kappa shape index (κ2) is 7.45. The number of amides is 1. The number of halogens is 2. The second-order valence-corrected chi connectivity index (χ2v) is 5.72. The van der Waals surface area contributed by atoms with Crippen LogP contribution in [0.2, 0.25) is 10.0 Å². The molecule has 0 aliphatic carbocycles. The van der Waals surface area contributed by atoms with Gasteiger partial charge in [-0.25, -0.2) is 0 Å². The lowest BCUT2D eigenvalue weighted by molar-refractivity contribution is 0.0943. The summed E-state index contributed by atoms with van der Waals surface area (Å²) in [6.45, 7) is 1.86. The summed E-state index contributed by atoms with van der Waals surface area (Å²) in [6, 6.07) is 12.2. The SMILES string of the molecule is Cc1ccccc1C(=O)NNC(=S)Nc1cc(Cl)ccc1Cl. The highest BCUT2D eigenvalue weighted by molar-refractivity contribution is 7.80. The van der Waals surface area contributed by atoms with Gasteiger partial charge in [-0.15, -0.1) is 0 Å². The van der Waals surface area contributed by atoms with E-state index in [1.165, 1.54) is 0 Å². The minimum atomic E-state index is -0.278. The fourth-order valence-corrected chi connectivity index (χ4v) is 2.25. The molecule has 0 aromatic heterocycles. The van der Waals surface area contributed by atoms with Gasteiger partial charge in [0.1, 0.15) is 0 Å². The number of hydrogen-bond acceptors (Lipinski definition) is 2. The molecular formula is C15H13Cl2N3OS. The molecule has 2 rings (SSSR count). The van der Waals surface area contributed by atoms with E-state index in [0.29, 0.717) is 21.3 Å². The van der Waals surface area contributed by atoms with Crippen LogP contribution in [0.15, 0.2) is 42.5 Å². The Morgan fingerprint density at radius 2 is 1.82 bits per heavy atom. The summed E-state index contributed by atoms with van der Waals surface area (Å²) in [7, 11) is 0. The lowest BCUT2D eigenvalue weighted by atomic mass is 10.1. The van der Waals surface area contributed by atoms with Crippen molar-refractivity contribution in [2.75, 3.05) is 5.32 Å². The van der Waals surface area contributed by atoms with E-state index in [-0.39, 0.29) is 11.0 Å². The standard InChI is InChI=1S/C15H13Cl2N3OS/c1-9-4-2-3-5-11(9)14(21)19-20-15(22)18-13-8-10(16)6-7-12(13)17/h2-8H,1H3,(H,19,21)(H2,18,20,22). The summed E-state index contributed by atoms with van der Waals surface area (Å²) in [4.78, 5) is 12.0. The van der Waals surface area contributed by atoms with Crippen molar-refractivity contribution in [3.8, 4) is 0 Å². The normalized spacial score (nSPS) is 9.95. The maximum Gasteiger partial charge on any atom is 0.269 e. The first-order valence-corrected chi connectivity index (χ1v) is 7.52. The van der Waals surface area contributed by atoms with E-state index in [0.717, 1.165) is 5.56 Å². The molecule has 0 unspecified atom stereocenters. The average Bonchev–Trinajstić information content (AvgIpc) is 2.49. The molecule has 114 valence electrons. The maximum atomic E-state index is 12.0.